The van der Waals surface area contributed by atoms with E-state index in [1.54, 1.807) is 30.3 Å². The van der Waals surface area contributed by atoms with Gasteiger partial charge in [-0.1, -0.05) is 25.1 Å². The number of para-hydroxylation sites is 1. The average Bonchev–Trinajstić information content (AvgIpc) is 3.31. The fraction of sp³-hybridized carbons (Fsp3) is 0.130. The molecule has 0 atom stereocenters. The molecule has 30 heavy (non-hydrogen) atoms. The van der Waals surface area contributed by atoms with Crippen molar-refractivity contribution in [3.63, 3.8) is 0 Å². The molecule has 152 valence electrons. The molecule has 1 saturated heterocycles. The lowest BCUT2D eigenvalue weighted by Gasteiger charge is -2.17. The van der Waals surface area contributed by atoms with Crippen LogP contribution in [0.1, 0.15) is 24.0 Å². The second-order valence-electron chi connectivity index (χ2n) is 6.66. The Morgan fingerprint density at radius 2 is 1.90 bits per heavy atom. The molecule has 2 aromatic carbocycles. The third-order valence-corrected chi connectivity index (χ3v) is 4.94. The van der Waals surface area contributed by atoms with Gasteiger partial charge in [0.05, 0.1) is 5.69 Å². The highest BCUT2D eigenvalue weighted by Gasteiger charge is 2.33. The molecule has 0 bridgehead atoms. The molecule has 7 heteroatoms. The molecule has 0 radical (unpaired) electrons. The lowest BCUT2D eigenvalue weighted by atomic mass is 10.1. The Hall–Kier alpha value is -3.45. The molecule has 1 amide bonds. The first-order valence-electron chi connectivity index (χ1n) is 9.47. The summed E-state index contributed by atoms with van der Waals surface area (Å²) in [7, 11) is 0. The molecule has 1 fully saturated rings. The maximum atomic E-state index is 13.0. The molecule has 1 aromatic heterocycles. The summed E-state index contributed by atoms with van der Waals surface area (Å²) in [6.45, 7) is 2.22. The Balaban J connectivity index is 1.48. The molecule has 1 aliphatic heterocycles. The number of aryl methyl sites for hydroxylation is 1. The van der Waals surface area contributed by atoms with E-state index in [0.29, 0.717) is 28.1 Å². The van der Waals surface area contributed by atoms with Gasteiger partial charge >= 0.3 is 0 Å². The van der Waals surface area contributed by atoms with E-state index in [0.717, 1.165) is 17.7 Å². The molecule has 0 unspecified atom stereocenters. The number of amides is 1. The summed E-state index contributed by atoms with van der Waals surface area (Å²) >= 11 is 5.39. The summed E-state index contributed by atoms with van der Waals surface area (Å²) in [4.78, 5) is 14.4. The summed E-state index contributed by atoms with van der Waals surface area (Å²) in [5.74, 6) is 1.05. The largest absolute Gasteiger partial charge is 0.486 e. The van der Waals surface area contributed by atoms with Crippen LogP contribution in [0.25, 0.3) is 6.08 Å². The standard InChI is InChI=1S/C23H19FN2O3S/c1-2-15-5-3-4-6-21(15)26-22(27)20(25-23(26)30)13-18-11-12-19(29-18)14-28-17-9-7-16(24)8-10-17/h3-13H,2,14H2,1H3,(H,25,30)/b20-13+. The Morgan fingerprint density at radius 1 is 1.13 bits per heavy atom. The van der Waals surface area contributed by atoms with Crippen LogP contribution >= 0.6 is 12.2 Å². The molecule has 2 heterocycles. The summed E-state index contributed by atoms with van der Waals surface area (Å²) < 4.78 is 24.3. The van der Waals surface area contributed by atoms with Crippen LogP contribution in [-0.4, -0.2) is 11.0 Å². The van der Waals surface area contributed by atoms with E-state index in [2.05, 4.69) is 5.32 Å². The molecule has 3 aromatic rings. The minimum absolute atomic E-state index is 0.185. The number of nitrogens with zero attached hydrogens (tertiary/aromatic N) is 1. The zero-order chi connectivity index (χ0) is 21.1. The number of hydrogen-bond acceptors (Lipinski definition) is 4. The second-order valence-corrected chi connectivity index (χ2v) is 7.04. The molecule has 1 N–H and O–H groups in total. The summed E-state index contributed by atoms with van der Waals surface area (Å²) in [6.07, 6.45) is 2.40. The van der Waals surface area contributed by atoms with Gasteiger partial charge in [-0.25, -0.2) is 4.39 Å². The Morgan fingerprint density at radius 3 is 2.67 bits per heavy atom. The quantitative estimate of drug-likeness (QED) is 0.456. The Kier molecular flexibility index (Phi) is 5.63. The molecular formula is C23H19FN2O3S. The van der Waals surface area contributed by atoms with Crippen molar-refractivity contribution >= 4 is 35.0 Å². The molecule has 1 aliphatic rings. The van der Waals surface area contributed by atoms with Crippen LogP contribution in [0.2, 0.25) is 0 Å². The maximum Gasteiger partial charge on any atom is 0.281 e. The first kappa shape index (κ1) is 19.8. The minimum atomic E-state index is -0.323. The van der Waals surface area contributed by atoms with E-state index in [1.165, 1.54) is 17.0 Å². The SMILES string of the molecule is CCc1ccccc1N1C(=O)/C(=C\c2ccc(COc3ccc(F)cc3)o2)NC1=S. The number of carbonyl (C=O) groups is 1. The molecule has 5 nitrogen and oxygen atoms in total. The van der Waals surface area contributed by atoms with Crippen LogP contribution in [-0.2, 0) is 17.8 Å². The minimum Gasteiger partial charge on any atom is -0.486 e. The highest BCUT2D eigenvalue weighted by Crippen LogP contribution is 2.27. The molecule has 0 aliphatic carbocycles. The predicted molar refractivity (Wildman–Crippen MR) is 116 cm³/mol. The number of hydrogen-bond donors (Lipinski definition) is 1. The Bertz CT molecular complexity index is 1120. The second kappa shape index (κ2) is 8.51. The number of nitrogens with one attached hydrogen (secondary N) is 1. The zero-order valence-electron chi connectivity index (χ0n) is 16.2. The highest BCUT2D eigenvalue weighted by atomic mass is 32.1. The zero-order valence-corrected chi connectivity index (χ0v) is 17.0. The van der Waals surface area contributed by atoms with Crippen molar-refractivity contribution < 1.29 is 18.3 Å². The fourth-order valence-electron chi connectivity index (χ4n) is 3.16. The number of benzene rings is 2. The summed E-state index contributed by atoms with van der Waals surface area (Å²) in [6, 6.07) is 16.9. The van der Waals surface area contributed by atoms with Crippen LogP contribution in [0, 0.1) is 5.82 Å². The van der Waals surface area contributed by atoms with E-state index in [4.69, 9.17) is 21.4 Å². The average molecular weight is 422 g/mol. The third-order valence-electron chi connectivity index (χ3n) is 4.66. The molecule has 0 spiro atoms. The lowest BCUT2D eigenvalue weighted by Crippen LogP contribution is -2.31. The van der Waals surface area contributed by atoms with Crippen LogP contribution in [0.4, 0.5) is 10.1 Å². The van der Waals surface area contributed by atoms with Gasteiger partial charge in [-0.05, 0) is 66.7 Å². The molecular weight excluding hydrogens is 403 g/mol. The van der Waals surface area contributed by atoms with E-state index < -0.39 is 0 Å². The van der Waals surface area contributed by atoms with Crippen molar-refractivity contribution in [3.8, 4) is 5.75 Å². The number of furan rings is 1. The fourth-order valence-corrected chi connectivity index (χ4v) is 3.45. The van der Waals surface area contributed by atoms with E-state index in [9.17, 15) is 9.18 Å². The van der Waals surface area contributed by atoms with Crippen molar-refractivity contribution in [2.45, 2.75) is 20.0 Å². The monoisotopic (exact) mass is 422 g/mol. The van der Waals surface area contributed by atoms with Crippen molar-refractivity contribution in [2.24, 2.45) is 0 Å². The number of thiocarbonyl (C=S) groups is 1. The van der Waals surface area contributed by atoms with Gasteiger partial charge in [0, 0.05) is 6.08 Å². The number of halogens is 1. The highest BCUT2D eigenvalue weighted by molar-refractivity contribution is 7.80. The van der Waals surface area contributed by atoms with Crippen LogP contribution < -0.4 is 15.0 Å². The van der Waals surface area contributed by atoms with E-state index >= 15 is 0 Å². The number of ether oxygens (including phenoxy) is 1. The van der Waals surface area contributed by atoms with Crippen molar-refractivity contribution in [1.82, 2.24) is 5.32 Å². The van der Waals surface area contributed by atoms with E-state index in [1.807, 2.05) is 31.2 Å². The summed E-state index contributed by atoms with van der Waals surface area (Å²) in [5, 5.41) is 3.30. The van der Waals surface area contributed by atoms with Gasteiger partial charge in [0.2, 0.25) is 0 Å². The lowest BCUT2D eigenvalue weighted by molar-refractivity contribution is -0.113. The van der Waals surface area contributed by atoms with Gasteiger partial charge < -0.3 is 14.5 Å². The van der Waals surface area contributed by atoms with Gasteiger partial charge in [-0.2, -0.15) is 0 Å². The molecule has 4 rings (SSSR count). The van der Waals surface area contributed by atoms with Gasteiger partial charge in [-0.3, -0.25) is 9.69 Å². The normalized spacial score (nSPS) is 15.0. The Labute approximate surface area is 178 Å². The van der Waals surface area contributed by atoms with Gasteiger partial charge in [0.25, 0.3) is 5.91 Å². The maximum absolute atomic E-state index is 13.0. The van der Waals surface area contributed by atoms with Gasteiger partial charge in [-0.15, -0.1) is 0 Å². The van der Waals surface area contributed by atoms with Crippen LogP contribution in [0.3, 0.4) is 0 Å². The number of anilines is 1. The van der Waals surface area contributed by atoms with Crippen molar-refractivity contribution in [3.05, 3.63) is 89.3 Å². The van der Waals surface area contributed by atoms with E-state index in [-0.39, 0.29) is 18.3 Å². The smallest absolute Gasteiger partial charge is 0.281 e. The van der Waals surface area contributed by atoms with Crippen LogP contribution in [0.15, 0.2) is 70.8 Å². The van der Waals surface area contributed by atoms with Crippen molar-refractivity contribution in [1.29, 1.82) is 0 Å². The van der Waals surface area contributed by atoms with Gasteiger partial charge in [0.15, 0.2) is 5.11 Å². The summed E-state index contributed by atoms with van der Waals surface area (Å²) in [5.41, 5.74) is 2.15. The third kappa shape index (κ3) is 4.11. The number of rotatable bonds is 6. The first-order chi connectivity index (χ1) is 14.5. The number of carbonyl (C=O) groups excluding carboxylic acids is 1. The van der Waals surface area contributed by atoms with Gasteiger partial charge in [0.1, 0.15) is 35.4 Å². The first-order valence-corrected chi connectivity index (χ1v) is 9.88. The van der Waals surface area contributed by atoms with Crippen molar-refractivity contribution in [2.75, 3.05) is 4.90 Å². The molecule has 0 saturated carbocycles. The van der Waals surface area contributed by atoms with Crippen LogP contribution in [0.5, 0.6) is 5.75 Å². The predicted octanol–water partition coefficient (Wildman–Crippen LogP) is 4.82. The topological polar surface area (TPSA) is 54.7 Å².